The molecule has 94 valence electrons. The Morgan fingerprint density at radius 1 is 1.56 bits per heavy atom. The number of ether oxygens (including phenoxy) is 1. The number of thiol groups is 1. The quantitative estimate of drug-likeness (QED) is 0.420. The number of nitrogens with zero attached hydrogens (tertiary/aromatic N) is 2. The normalized spacial score (nSPS) is 26.6. The molecular formula is C11H22N2O2S. The maximum atomic E-state index is 11.9. The third-order valence-corrected chi connectivity index (χ3v) is 3.39. The fraction of sp³-hybridized carbons (Fsp3) is 0.909. The van der Waals surface area contributed by atoms with E-state index in [1.54, 1.807) is 0 Å². The van der Waals surface area contributed by atoms with Crippen molar-refractivity contribution in [2.24, 2.45) is 0 Å². The van der Waals surface area contributed by atoms with Crippen LogP contribution in [-0.4, -0.2) is 67.9 Å². The Kier molecular flexibility index (Phi) is 5.75. The summed E-state index contributed by atoms with van der Waals surface area (Å²) >= 11 is 3.94. The first-order chi connectivity index (χ1) is 7.56. The van der Waals surface area contributed by atoms with Crippen molar-refractivity contribution in [3.8, 4) is 0 Å². The Bertz CT molecular complexity index is 236. The van der Waals surface area contributed by atoms with Crippen LogP contribution >= 0.6 is 12.6 Å². The predicted molar refractivity (Wildman–Crippen MR) is 67.9 cm³/mol. The molecule has 1 aliphatic rings. The van der Waals surface area contributed by atoms with Gasteiger partial charge in [0.25, 0.3) is 0 Å². The highest BCUT2D eigenvalue weighted by Crippen LogP contribution is 2.20. The van der Waals surface area contributed by atoms with Gasteiger partial charge in [-0.1, -0.05) is 0 Å². The number of rotatable bonds is 6. The van der Waals surface area contributed by atoms with Gasteiger partial charge in [0, 0.05) is 19.0 Å². The van der Waals surface area contributed by atoms with Gasteiger partial charge in [0.1, 0.15) is 0 Å². The maximum absolute atomic E-state index is 11.9. The minimum absolute atomic E-state index is 0.0657. The summed E-state index contributed by atoms with van der Waals surface area (Å²) in [5.74, 6) is 0.669. The van der Waals surface area contributed by atoms with Crippen molar-refractivity contribution < 1.29 is 9.53 Å². The lowest BCUT2D eigenvalue weighted by Gasteiger charge is -2.17. The van der Waals surface area contributed by atoms with Crippen LogP contribution in [-0.2, 0) is 9.53 Å². The largest absolute Gasteiger partial charge is 0.371 e. The summed E-state index contributed by atoms with van der Waals surface area (Å²) in [6.45, 7) is 1.45. The van der Waals surface area contributed by atoms with Gasteiger partial charge in [-0.15, -0.1) is 0 Å². The summed E-state index contributed by atoms with van der Waals surface area (Å²) in [5, 5.41) is 0. The third-order valence-electron chi connectivity index (χ3n) is 3.21. The fourth-order valence-electron chi connectivity index (χ4n) is 2.13. The van der Waals surface area contributed by atoms with E-state index in [-0.39, 0.29) is 11.8 Å². The van der Waals surface area contributed by atoms with Crippen molar-refractivity contribution in [3.63, 3.8) is 0 Å². The van der Waals surface area contributed by atoms with Crippen LogP contribution in [0, 0.1) is 0 Å². The Morgan fingerprint density at radius 3 is 2.75 bits per heavy atom. The summed E-state index contributed by atoms with van der Waals surface area (Å²) in [7, 11) is 6.15. The second kappa shape index (κ2) is 6.59. The number of Topliss-reactive ketones (excluding diaryl/α,β-unsaturated/α-hetero) is 1. The highest BCUT2D eigenvalue weighted by atomic mass is 32.1. The molecule has 0 amide bonds. The monoisotopic (exact) mass is 246 g/mol. The van der Waals surface area contributed by atoms with Gasteiger partial charge in [-0.25, -0.2) is 0 Å². The van der Waals surface area contributed by atoms with E-state index in [0.29, 0.717) is 25.0 Å². The topological polar surface area (TPSA) is 32.8 Å². The van der Waals surface area contributed by atoms with E-state index < -0.39 is 0 Å². The summed E-state index contributed by atoms with van der Waals surface area (Å²) in [4.78, 5) is 16.3. The number of carbonyl (C=O) groups is 1. The van der Waals surface area contributed by atoms with Gasteiger partial charge in [-0.3, -0.25) is 9.69 Å². The van der Waals surface area contributed by atoms with Gasteiger partial charge in [0.2, 0.25) is 0 Å². The van der Waals surface area contributed by atoms with Gasteiger partial charge in [-0.2, -0.15) is 12.6 Å². The first-order valence-electron chi connectivity index (χ1n) is 5.64. The number of likely N-dealkylation sites (N-methyl/N-ethyl adjacent to an activating group) is 2. The zero-order chi connectivity index (χ0) is 12.1. The molecule has 0 aromatic carbocycles. The van der Waals surface area contributed by atoms with Crippen LogP contribution in [0.1, 0.15) is 12.8 Å². The van der Waals surface area contributed by atoms with Gasteiger partial charge in [0.15, 0.2) is 5.78 Å². The van der Waals surface area contributed by atoms with Crippen molar-refractivity contribution in [2.75, 3.05) is 40.2 Å². The number of carbonyl (C=O) groups excluding carboxylic acids is 1. The van der Waals surface area contributed by atoms with E-state index in [0.717, 1.165) is 13.0 Å². The van der Waals surface area contributed by atoms with Gasteiger partial charge >= 0.3 is 0 Å². The van der Waals surface area contributed by atoms with Crippen molar-refractivity contribution in [2.45, 2.75) is 24.9 Å². The Hall–Kier alpha value is -0.100. The lowest BCUT2D eigenvalue weighted by atomic mass is 10.1. The molecule has 1 fully saturated rings. The standard InChI is InChI=1S/C11H22N2O2S/c1-12(2)9-6-10(13(3)7-9)11(14)4-5-15-8-16/h9-10,16H,4-8H2,1-3H3. The van der Waals surface area contributed by atoms with Crippen molar-refractivity contribution >= 4 is 18.4 Å². The first-order valence-corrected chi connectivity index (χ1v) is 6.27. The molecule has 1 saturated heterocycles. The lowest BCUT2D eigenvalue weighted by Crippen LogP contribution is -2.33. The molecule has 1 heterocycles. The smallest absolute Gasteiger partial charge is 0.152 e. The Morgan fingerprint density at radius 2 is 2.25 bits per heavy atom. The van der Waals surface area contributed by atoms with Crippen LogP contribution in [0.3, 0.4) is 0 Å². The van der Waals surface area contributed by atoms with Crippen LogP contribution in [0.5, 0.6) is 0 Å². The van der Waals surface area contributed by atoms with Crippen molar-refractivity contribution in [3.05, 3.63) is 0 Å². The average molecular weight is 246 g/mol. The van der Waals surface area contributed by atoms with E-state index >= 15 is 0 Å². The molecule has 0 aliphatic carbocycles. The molecular weight excluding hydrogens is 224 g/mol. The predicted octanol–water partition coefficient (Wildman–Crippen LogP) is 0.484. The molecule has 2 unspecified atom stereocenters. The molecule has 0 bridgehead atoms. The first kappa shape index (κ1) is 14.0. The van der Waals surface area contributed by atoms with Crippen LogP contribution in [0.4, 0.5) is 0 Å². The van der Waals surface area contributed by atoms with Crippen LogP contribution < -0.4 is 0 Å². The van der Waals surface area contributed by atoms with Gasteiger partial charge < -0.3 is 9.64 Å². The van der Waals surface area contributed by atoms with E-state index in [4.69, 9.17) is 4.74 Å². The zero-order valence-corrected chi connectivity index (χ0v) is 11.2. The van der Waals surface area contributed by atoms with Crippen LogP contribution in [0.15, 0.2) is 0 Å². The fourth-order valence-corrected chi connectivity index (χ4v) is 2.26. The molecule has 1 aliphatic heterocycles. The van der Waals surface area contributed by atoms with Crippen molar-refractivity contribution in [1.82, 2.24) is 9.80 Å². The molecule has 1 rings (SSSR count). The van der Waals surface area contributed by atoms with Gasteiger partial charge in [-0.05, 0) is 27.6 Å². The minimum Gasteiger partial charge on any atom is -0.371 e. The van der Waals surface area contributed by atoms with E-state index in [1.807, 2.05) is 7.05 Å². The molecule has 0 radical (unpaired) electrons. The highest BCUT2D eigenvalue weighted by molar-refractivity contribution is 7.80. The molecule has 0 N–H and O–H groups in total. The van der Waals surface area contributed by atoms with E-state index in [2.05, 4.69) is 36.5 Å². The summed E-state index contributed by atoms with van der Waals surface area (Å²) in [6.07, 6.45) is 1.43. The average Bonchev–Trinajstić information content (AvgIpc) is 2.61. The SMILES string of the molecule is CN(C)C1CC(C(=O)CCOCS)N(C)C1. The summed E-state index contributed by atoms with van der Waals surface area (Å²) in [6, 6.07) is 0.556. The van der Waals surface area contributed by atoms with E-state index in [1.165, 1.54) is 0 Å². The molecule has 0 aromatic rings. The van der Waals surface area contributed by atoms with Crippen molar-refractivity contribution in [1.29, 1.82) is 0 Å². The van der Waals surface area contributed by atoms with Crippen LogP contribution in [0.25, 0.3) is 0 Å². The zero-order valence-electron chi connectivity index (χ0n) is 10.3. The maximum Gasteiger partial charge on any atom is 0.152 e. The lowest BCUT2D eigenvalue weighted by molar-refractivity contribution is -0.123. The second-order valence-electron chi connectivity index (χ2n) is 4.56. The molecule has 0 spiro atoms. The molecule has 2 atom stereocenters. The van der Waals surface area contributed by atoms with Crippen LogP contribution in [0.2, 0.25) is 0 Å². The minimum atomic E-state index is 0.0657. The third kappa shape index (κ3) is 3.73. The Labute approximate surface area is 103 Å². The molecule has 0 saturated carbocycles. The van der Waals surface area contributed by atoms with E-state index in [9.17, 15) is 4.79 Å². The van der Waals surface area contributed by atoms with Gasteiger partial charge in [0.05, 0.1) is 18.6 Å². The number of ketones is 1. The number of hydrogen-bond acceptors (Lipinski definition) is 5. The number of likely N-dealkylation sites (tertiary alicyclic amines) is 1. The second-order valence-corrected chi connectivity index (χ2v) is 4.82. The molecule has 5 heteroatoms. The number of hydrogen-bond donors (Lipinski definition) is 1. The molecule has 0 aromatic heterocycles. The summed E-state index contributed by atoms with van der Waals surface area (Å²) in [5.41, 5.74) is 0. The molecule has 16 heavy (non-hydrogen) atoms. The highest BCUT2D eigenvalue weighted by Gasteiger charge is 2.34. The summed E-state index contributed by atoms with van der Waals surface area (Å²) < 4.78 is 5.09. The Balaban J connectivity index is 2.39. The molecule has 4 nitrogen and oxygen atoms in total.